The van der Waals surface area contributed by atoms with Crippen LogP contribution >= 0.6 is 11.8 Å². The molecule has 0 bridgehead atoms. The molecule has 0 saturated heterocycles. The molecule has 0 spiro atoms. The molecule has 1 unspecified atom stereocenters. The number of carboxylic acids is 1. The van der Waals surface area contributed by atoms with Gasteiger partial charge in [0.05, 0.1) is 12.3 Å². The highest BCUT2D eigenvalue weighted by Gasteiger charge is 2.22. The Bertz CT molecular complexity index is 1190. The molecule has 10 heteroatoms. The number of amides is 1. The van der Waals surface area contributed by atoms with Crippen LogP contribution in [-0.2, 0) is 22.6 Å². The van der Waals surface area contributed by atoms with Gasteiger partial charge in [-0.15, -0.1) is 5.10 Å². The van der Waals surface area contributed by atoms with Crippen molar-refractivity contribution in [2.24, 2.45) is 0 Å². The number of aliphatic carboxylic acids is 1. The Morgan fingerprint density at radius 2 is 1.90 bits per heavy atom. The summed E-state index contributed by atoms with van der Waals surface area (Å²) in [7, 11) is 0. The summed E-state index contributed by atoms with van der Waals surface area (Å²) in [4.78, 5) is 27.3. The van der Waals surface area contributed by atoms with Crippen LogP contribution in [0.15, 0.2) is 66.0 Å². The summed E-state index contributed by atoms with van der Waals surface area (Å²) >= 11 is 1.16. The molecule has 0 aliphatic carbocycles. The number of hydrogen-bond donors (Lipinski definition) is 3. The standard InChI is InChI=1S/C21H20N6O3S/c28-19(13-31-21-24-25-26-27(21)12-14-6-2-1-3-7-14)23-18(20(29)30)10-15-11-22-17-9-5-4-8-16(15)17/h1-9,11,18,22H,10,12-13H2,(H,23,28)(H,29,30). The van der Waals surface area contributed by atoms with E-state index in [0.29, 0.717) is 11.7 Å². The lowest BCUT2D eigenvalue weighted by Crippen LogP contribution is -2.43. The summed E-state index contributed by atoms with van der Waals surface area (Å²) in [6, 6.07) is 16.3. The second-order valence-corrected chi connectivity index (χ2v) is 7.86. The summed E-state index contributed by atoms with van der Waals surface area (Å²) in [5, 5.41) is 25.2. The van der Waals surface area contributed by atoms with Crippen molar-refractivity contribution in [3.05, 3.63) is 71.9 Å². The van der Waals surface area contributed by atoms with E-state index in [4.69, 9.17) is 0 Å². The molecule has 4 rings (SSSR count). The van der Waals surface area contributed by atoms with E-state index in [0.717, 1.165) is 33.8 Å². The van der Waals surface area contributed by atoms with Crippen LogP contribution in [0, 0.1) is 0 Å². The Labute approximate surface area is 181 Å². The monoisotopic (exact) mass is 436 g/mol. The highest BCUT2D eigenvalue weighted by Crippen LogP contribution is 2.19. The third-order valence-electron chi connectivity index (χ3n) is 4.74. The van der Waals surface area contributed by atoms with E-state index >= 15 is 0 Å². The number of nitrogens with zero attached hydrogens (tertiary/aromatic N) is 4. The zero-order valence-corrected chi connectivity index (χ0v) is 17.2. The summed E-state index contributed by atoms with van der Waals surface area (Å²) in [6.07, 6.45) is 1.96. The lowest BCUT2D eigenvalue weighted by molar-refractivity contribution is -0.141. The van der Waals surface area contributed by atoms with Gasteiger partial charge in [-0.2, -0.15) is 0 Å². The van der Waals surface area contributed by atoms with Crippen LogP contribution in [0.4, 0.5) is 0 Å². The van der Waals surface area contributed by atoms with Crippen LogP contribution in [-0.4, -0.2) is 54.0 Å². The summed E-state index contributed by atoms with van der Waals surface area (Å²) in [5.74, 6) is -1.48. The molecule has 4 aromatic rings. The van der Waals surface area contributed by atoms with Crippen molar-refractivity contribution in [1.29, 1.82) is 0 Å². The molecule has 0 aliphatic heterocycles. The molecule has 9 nitrogen and oxygen atoms in total. The van der Waals surface area contributed by atoms with Crippen molar-refractivity contribution >= 4 is 34.5 Å². The quantitative estimate of drug-likeness (QED) is 0.343. The maximum atomic E-state index is 12.4. The number of benzene rings is 2. The van der Waals surface area contributed by atoms with Crippen molar-refractivity contribution in [1.82, 2.24) is 30.5 Å². The first-order valence-corrected chi connectivity index (χ1v) is 10.6. The van der Waals surface area contributed by atoms with Gasteiger partial charge in [0.1, 0.15) is 6.04 Å². The maximum Gasteiger partial charge on any atom is 0.326 e. The number of carboxylic acid groups (broad SMARTS) is 1. The molecule has 0 saturated carbocycles. The van der Waals surface area contributed by atoms with Crippen LogP contribution in [0.5, 0.6) is 0 Å². The number of aromatic amines is 1. The van der Waals surface area contributed by atoms with Crippen molar-refractivity contribution in [3.8, 4) is 0 Å². The number of fused-ring (bicyclic) bond motifs is 1. The summed E-state index contributed by atoms with van der Waals surface area (Å²) in [6.45, 7) is 0.482. The predicted molar refractivity (Wildman–Crippen MR) is 116 cm³/mol. The molecule has 158 valence electrons. The molecule has 2 aromatic carbocycles. The molecule has 2 aromatic heterocycles. The van der Waals surface area contributed by atoms with Gasteiger partial charge >= 0.3 is 5.97 Å². The Balaban J connectivity index is 1.36. The lowest BCUT2D eigenvalue weighted by Gasteiger charge is -2.14. The van der Waals surface area contributed by atoms with E-state index in [9.17, 15) is 14.7 Å². The highest BCUT2D eigenvalue weighted by atomic mass is 32.2. The molecule has 2 heterocycles. The fourth-order valence-corrected chi connectivity index (χ4v) is 3.93. The molecule has 31 heavy (non-hydrogen) atoms. The van der Waals surface area contributed by atoms with E-state index in [1.807, 2.05) is 54.6 Å². The molecule has 0 aliphatic rings. The zero-order valence-electron chi connectivity index (χ0n) is 16.4. The largest absolute Gasteiger partial charge is 0.480 e. The lowest BCUT2D eigenvalue weighted by atomic mass is 10.1. The fraction of sp³-hybridized carbons (Fsp3) is 0.190. The predicted octanol–water partition coefficient (Wildman–Crippen LogP) is 2.11. The summed E-state index contributed by atoms with van der Waals surface area (Å²) in [5.41, 5.74) is 2.79. The highest BCUT2D eigenvalue weighted by molar-refractivity contribution is 7.99. The van der Waals surface area contributed by atoms with Crippen molar-refractivity contribution in [3.63, 3.8) is 0 Å². The smallest absolute Gasteiger partial charge is 0.326 e. The van der Waals surface area contributed by atoms with Gasteiger partial charge < -0.3 is 15.4 Å². The minimum Gasteiger partial charge on any atom is -0.480 e. The number of tetrazole rings is 1. The Hall–Kier alpha value is -3.66. The number of para-hydroxylation sites is 1. The normalized spacial score (nSPS) is 12.0. The molecule has 3 N–H and O–H groups in total. The van der Waals surface area contributed by atoms with E-state index < -0.39 is 17.9 Å². The summed E-state index contributed by atoms with van der Waals surface area (Å²) < 4.78 is 1.61. The van der Waals surface area contributed by atoms with Crippen molar-refractivity contribution in [2.45, 2.75) is 24.2 Å². The average molecular weight is 436 g/mol. The number of H-pyrrole nitrogens is 1. The Kier molecular flexibility index (Phi) is 6.27. The first-order valence-electron chi connectivity index (χ1n) is 9.60. The van der Waals surface area contributed by atoms with Gasteiger partial charge in [-0.05, 0) is 27.6 Å². The van der Waals surface area contributed by atoms with E-state index in [-0.39, 0.29) is 12.2 Å². The Morgan fingerprint density at radius 3 is 2.71 bits per heavy atom. The van der Waals surface area contributed by atoms with Crippen molar-refractivity contribution in [2.75, 3.05) is 5.75 Å². The number of aromatic nitrogens is 5. The number of carbonyl (C=O) groups is 2. The second-order valence-electron chi connectivity index (χ2n) is 6.92. The number of hydrogen-bond acceptors (Lipinski definition) is 6. The number of thioether (sulfide) groups is 1. The zero-order chi connectivity index (χ0) is 21.6. The first-order chi connectivity index (χ1) is 15.1. The Morgan fingerprint density at radius 1 is 1.13 bits per heavy atom. The van der Waals surface area contributed by atoms with Gasteiger partial charge in [0, 0.05) is 23.5 Å². The van der Waals surface area contributed by atoms with Gasteiger partial charge in [0.2, 0.25) is 11.1 Å². The second kappa shape index (κ2) is 9.43. The minimum absolute atomic E-state index is 0.00677. The fourth-order valence-electron chi connectivity index (χ4n) is 3.24. The molecule has 0 radical (unpaired) electrons. The number of rotatable bonds is 9. The molecule has 1 amide bonds. The first kappa shape index (κ1) is 20.6. The van der Waals surface area contributed by atoms with Gasteiger partial charge in [-0.1, -0.05) is 60.3 Å². The van der Waals surface area contributed by atoms with Crippen LogP contribution in [0.25, 0.3) is 10.9 Å². The maximum absolute atomic E-state index is 12.4. The minimum atomic E-state index is -1.09. The van der Waals surface area contributed by atoms with Crippen LogP contribution in [0.2, 0.25) is 0 Å². The van der Waals surface area contributed by atoms with Crippen molar-refractivity contribution < 1.29 is 14.7 Å². The third kappa shape index (κ3) is 5.10. The van der Waals surface area contributed by atoms with E-state index in [2.05, 4.69) is 25.8 Å². The number of nitrogens with one attached hydrogen (secondary N) is 2. The van der Waals surface area contributed by atoms with Gasteiger partial charge in [0.25, 0.3) is 0 Å². The van der Waals surface area contributed by atoms with Crippen LogP contribution in [0.3, 0.4) is 0 Å². The van der Waals surface area contributed by atoms with Crippen LogP contribution < -0.4 is 5.32 Å². The number of carbonyl (C=O) groups excluding carboxylic acids is 1. The SMILES string of the molecule is O=C(CSc1nnnn1Cc1ccccc1)NC(Cc1c[nH]c2ccccc12)C(=O)O. The van der Waals surface area contributed by atoms with Crippen LogP contribution in [0.1, 0.15) is 11.1 Å². The van der Waals surface area contributed by atoms with E-state index in [1.54, 1.807) is 10.9 Å². The topological polar surface area (TPSA) is 126 Å². The molecule has 1 atom stereocenters. The van der Waals surface area contributed by atoms with Gasteiger partial charge in [-0.3, -0.25) is 4.79 Å². The third-order valence-corrected chi connectivity index (χ3v) is 5.70. The molecular formula is C21H20N6O3S. The average Bonchev–Trinajstić information content (AvgIpc) is 3.39. The van der Waals surface area contributed by atoms with Gasteiger partial charge in [-0.25, -0.2) is 9.48 Å². The molecule has 0 fully saturated rings. The molecular weight excluding hydrogens is 416 g/mol. The van der Waals surface area contributed by atoms with E-state index in [1.165, 1.54) is 0 Å². The van der Waals surface area contributed by atoms with Gasteiger partial charge in [0.15, 0.2) is 0 Å².